The third-order valence-corrected chi connectivity index (χ3v) is 7.91. The predicted octanol–water partition coefficient (Wildman–Crippen LogP) is 6.31. The molecule has 1 aliphatic rings. The van der Waals surface area contributed by atoms with E-state index in [1.54, 1.807) is 12.1 Å². The molecule has 2 amide bonds. The van der Waals surface area contributed by atoms with Crippen LogP contribution in [-0.4, -0.2) is 74.3 Å². The molecule has 1 aliphatic heterocycles. The number of nitrogens with two attached hydrogens (primary N) is 2. The Morgan fingerprint density at radius 2 is 1.26 bits per heavy atom. The molecule has 3 rings (SSSR count). The number of nitrogens with zero attached hydrogens (tertiary/aromatic N) is 3. The van der Waals surface area contributed by atoms with Gasteiger partial charge in [0.05, 0.1) is 19.8 Å². The number of benzene rings is 2. The Kier molecular flexibility index (Phi) is 15.9. The number of hydrogen-bond donors (Lipinski definition) is 2. The highest BCUT2D eigenvalue weighted by Crippen LogP contribution is 2.27. The number of unbranched alkanes of at least 4 members (excludes halogenated alkanes) is 2. The normalized spacial score (nSPS) is 15.3. The monoisotopic (exact) mass is 637 g/mol. The molecule has 0 spiro atoms. The fourth-order valence-corrected chi connectivity index (χ4v) is 5.14. The average molecular weight is 638 g/mol. The number of piperidine rings is 1. The van der Waals surface area contributed by atoms with Gasteiger partial charge in [-0.1, -0.05) is 33.6 Å². The van der Waals surface area contributed by atoms with Crippen LogP contribution in [0.2, 0.25) is 0 Å². The maximum atomic E-state index is 11.8. The van der Waals surface area contributed by atoms with Crippen molar-refractivity contribution >= 4 is 23.9 Å². The Balaban J connectivity index is 1.36. The maximum absolute atomic E-state index is 11.8. The standard InChI is InChI=1S/C35H51N5O6/c1-4-7-23-44-34(41)38-32(36)27-10-14-29(15-11-27)43-25-9-20-40-21-18-26(19-22-40)31(6-3)46-30-16-12-28(13-17-30)33(37)39-35(42)45-24-8-5-2/h10-17,26,31H,4-9,18-25H2,1-3H3,(H2,36,38,41)(H2,37,39,42). The number of rotatable bonds is 17. The topological polar surface area (TPSA) is 151 Å². The summed E-state index contributed by atoms with van der Waals surface area (Å²) in [6, 6.07) is 14.6. The highest BCUT2D eigenvalue weighted by atomic mass is 16.5. The first-order valence-corrected chi connectivity index (χ1v) is 16.6. The lowest BCUT2D eigenvalue weighted by molar-refractivity contribution is 0.0724. The second-order valence-electron chi connectivity index (χ2n) is 11.4. The van der Waals surface area contributed by atoms with Crippen molar-refractivity contribution in [2.75, 3.05) is 39.5 Å². The summed E-state index contributed by atoms with van der Waals surface area (Å²) in [5.74, 6) is 2.26. The SMILES string of the molecule is CCCCOC(=O)N=C(N)c1ccc(OCCCN2CCC(C(CC)Oc3ccc(C(N)=NC(=O)OCCCC)cc3)CC2)cc1. The molecule has 1 atom stereocenters. The van der Waals surface area contributed by atoms with Crippen molar-refractivity contribution in [1.82, 2.24) is 4.90 Å². The molecule has 1 unspecified atom stereocenters. The number of carbonyl (C=O) groups excluding carboxylic acids is 2. The molecule has 11 heteroatoms. The van der Waals surface area contributed by atoms with Crippen molar-refractivity contribution in [2.24, 2.45) is 27.4 Å². The van der Waals surface area contributed by atoms with Crippen LogP contribution in [-0.2, 0) is 9.47 Å². The molecular formula is C35H51N5O6. The molecule has 0 radical (unpaired) electrons. The van der Waals surface area contributed by atoms with Gasteiger partial charge in [-0.2, -0.15) is 9.98 Å². The second-order valence-corrected chi connectivity index (χ2v) is 11.4. The lowest BCUT2D eigenvalue weighted by Gasteiger charge is -2.35. The smallest absolute Gasteiger partial charge is 0.435 e. The van der Waals surface area contributed by atoms with E-state index in [4.69, 9.17) is 30.4 Å². The van der Waals surface area contributed by atoms with Crippen molar-refractivity contribution in [3.63, 3.8) is 0 Å². The number of carbonyl (C=O) groups is 2. The van der Waals surface area contributed by atoms with Gasteiger partial charge in [-0.25, -0.2) is 9.59 Å². The summed E-state index contributed by atoms with van der Waals surface area (Å²) < 4.78 is 22.4. The Morgan fingerprint density at radius 3 is 1.74 bits per heavy atom. The summed E-state index contributed by atoms with van der Waals surface area (Å²) in [7, 11) is 0. The number of ether oxygens (including phenoxy) is 4. The van der Waals surface area contributed by atoms with E-state index in [-0.39, 0.29) is 17.8 Å². The van der Waals surface area contributed by atoms with E-state index < -0.39 is 12.2 Å². The number of amidine groups is 2. The molecule has 0 aromatic heterocycles. The van der Waals surface area contributed by atoms with E-state index in [0.29, 0.717) is 36.9 Å². The van der Waals surface area contributed by atoms with Crippen LogP contribution in [0.3, 0.4) is 0 Å². The summed E-state index contributed by atoms with van der Waals surface area (Å²) in [6.45, 7) is 10.5. The molecule has 11 nitrogen and oxygen atoms in total. The molecule has 1 fully saturated rings. The molecule has 1 heterocycles. The molecule has 2 aromatic rings. The van der Waals surface area contributed by atoms with Crippen molar-refractivity contribution in [2.45, 2.75) is 78.2 Å². The molecular weight excluding hydrogens is 586 g/mol. The molecule has 0 bridgehead atoms. The van der Waals surface area contributed by atoms with Crippen LogP contribution in [0.1, 0.15) is 83.3 Å². The van der Waals surface area contributed by atoms with Crippen molar-refractivity contribution < 1.29 is 28.5 Å². The van der Waals surface area contributed by atoms with Crippen LogP contribution in [0, 0.1) is 5.92 Å². The van der Waals surface area contributed by atoms with E-state index in [1.165, 1.54) is 0 Å². The zero-order chi connectivity index (χ0) is 33.1. The van der Waals surface area contributed by atoms with E-state index in [9.17, 15) is 9.59 Å². The van der Waals surface area contributed by atoms with E-state index in [1.807, 2.05) is 50.2 Å². The lowest BCUT2D eigenvalue weighted by Crippen LogP contribution is -2.40. The van der Waals surface area contributed by atoms with Crippen molar-refractivity contribution in [1.29, 1.82) is 0 Å². The van der Waals surface area contributed by atoms with Crippen LogP contribution in [0.4, 0.5) is 9.59 Å². The molecule has 252 valence electrons. The van der Waals surface area contributed by atoms with Crippen LogP contribution in [0.5, 0.6) is 11.5 Å². The molecule has 0 aliphatic carbocycles. The second kappa shape index (κ2) is 20.1. The first kappa shape index (κ1) is 36.3. The van der Waals surface area contributed by atoms with E-state index in [0.717, 1.165) is 82.5 Å². The Labute approximate surface area is 273 Å². The summed E-state index contributed by atoms with van der Waals surface area (Å²) in [6.07, 6.45) is 6.26. The minimum Gasteiger partial charge on any atom is -0.494 e. The first-order chi connectivity index (χ1) is 22.3. The minimum absolute atomic E-state index is 0.124. The minimum atomic E-state index is -0.671. The van der Waals surface area contributed by atoms with E-state index in [2.05, 4.69) is 21.8 Å². The maximum Gasteiger partial charge on any atom is 0.435 e. The summed E-state index contributed by atoms with van der Waals surface area (Å²) in [4.78, 5) is 33.7. The number of hydrogen-bond acceptors (Lipinski definition) is 7. The van der Waals surface area contributed by atoms with Gasteiger partial charge >= 0.3 is 12.2 Å². The Morgan fingerprint density at radius 1 is 0.761 bits per heavy atom. The predicted molar refractivity (Wildman–Crippen MR) is 181 cm³/mol. The molecule has 1 saturated heterocycles. The highest BCUT2D eigenvalue weighted by molar-refractivity contribution is 6.03. The van der Waals surface area contributed by atoms with Gasteiger partial charge in [-0.3, -0.25) is 0 Å². The van der Waals surface area contributed by atoms with Gasteiger partial charge in [-0.05, 0) is 106 Å². The molecule has 46 heavy (non-hydrogen) atoms. The van der Waals surface area contributed by atoms with Crippen LogP contribution in [0.15, 0.2) is 58.5 Å². The fraction of sp³-hybridized carbons (Fsp3) is 0.543. The van der Waals surface area contributed by atoms with Gasteiger partial charge < -0.3 is 35.3 Å². The quantitative estimate of drug-likeness (QED) is 0.115. The van der Waals surface area contributed by atoms with Gasteiger partial charge in [0, 0.05) is 17.7 Å². The molecule has 4 N–H and O–H groups in total. The number of aliphatic imine (C=N–C) groups is 2. The van der Waals surface area contributed by atoms with Gasteiger partial charge in [0.25, 0.3) is 0 Å². The van der Waals surface area contributed by atoms with Crippen LogP contribution in [0.25, 0.3) is 0 Å². The summed E-state index contributed by atoms with van der Waals surface area (Å²) >= 11 is 0. The van der Waals surface area contributed by atoms with Gasteiger partial charge in [-0.15, -0.1) is 0 Å². The fourth-order valence-electron chi connectivity index (χ4n) is 5.14. The third-order valence-electron chi connectivity index (χ3n) is 7.91. The van der Waals surface area contributed by atoms with Gasteiger partial charge in [0.1, 0.15) is 29.3 Å². The first-order valence-electron chi connectivity index (χ1n) is 16.6. The van der Waals surface area contributed by atoms with Gasteiger partial charge in [0.15, 0.2) is 0 Å². The lowest BCUT2D eigenvalue weighted by atomic mass is 9.89. The number of likely N-dealkylation sites (tertiary alicyclic amines) is 1. The largest absolute Gasteiger partial charge is 0.494 e. The summed E-state index contributed by atoms with van der Waals surface area (Å²) in [5.41, 5.74) is 13.2. The number of amides is 2. The average Bonchev–Trinajstić information content (AvgIpc) is 3.06. The zero-order valence-corrected chi connectivity index (χ0v) is 27.6. The van der Waals surface area contributed by atoms with Crippen molar-refractivity contribution in [3.05, 3.63) is 59.7 Å². The van der Waals surface area contributed by atoms with E-state index >= 15 is 0 Å². The highest BCUT2D eigenvalue weighted by Gasteiger charge is 2.27. The zero-order valence-electron chi connectivity index (χ0n) is 27.6. The summed E-state index contributed by atoms with van der Waals surface area (Å²) in [5, 5.41) is 0. The van der Waals surface area contributed by atoms with Crippen LogP contribution >= 0.6 is 0 Å². The molecule has 2 aromatic carbocycles. The Bertz CT molecular complexity index is 1260. The van der Waals surface area contributed by atoms with Gasteiger partial charge in [0.2, 0.25) is 0 Å². The van der Waals surface area contributed by atoms with Crippen LogP contribution < -0.4 is 20.9 Å². The van der Waals surface area contributed by atoms with Crippen molar-refractivity contribution in [3.8, 4) is 11.5 Å². The third kappa shape index (κ3) is 12.7. The Hall–Kier alpha value is -4.12. The molecule has 0 saturated carbocycles.